The third-order valence-electron chi connectivity index (χ3n) is 4.72. The van der Waals surface area contributed by atoms with Gasteiger partial charge in [0.25, 0.3) is 0 Å². The number of unbranched alkanes of at least 4 members (excludes halogenated alkanes) is 1. The molecule has 0 aliphatic carbocycles. The summed E-state index contributed by atoms with van der Waals surface area (Å²) in [6, 6.07) is 0. The van der Waals surface area contributed by atoms with Crippen LogP contribution in [-0.2, 0) is 4.79 Å². The summed E-state index contributed by atoms with van der Waals surface area (Å²) in [7, 11) is 2.37. The normalized spacial score (nSPS) is 37.6. The summed E-state index contributed by atoms with van der Waals surface area (Å²) < 4.78 is 1.24. The molecule has 3 aliphatic rings. The van der Waals surface area contributed by atoms with Gasteiger partial charge in [-0.05, 0) is 12.3 Å². The number of Topliss-reactive ketones (excluding diaryl/α,β-unsaturated/α-hetero) is 1. The molecule has 0 N–H and O–H groups in total. The van der Waals surface area contributed by atoms with Crippen molar-refractivity contribution in [1.29, 1.82) is 0 Å². The van der Waals surface area contributed by atoms with Gasteiger partial charge in [0.1, 0.15) is 5.78 Å². The fraction of sp³-hybridized carbons (Fsp3) is 0.929. The molecule has 0 amide bonds. The molecule has 3 rings (SSSR count). The highest BCUT2D eigenvalue weighted by Crippen LogP contribution is 2.38. The zero-order valence-electron chi connectivity index (χ0n) is 10.9. The van der Waals surface area contributed by atoms with Crippen LogP contribution in [0.2, 0.25) is 0 Å². The van der Waals surface area contributed by atoms with Crippen molar-refractivity contribution < 1.29 is 9.28 Å². The molecule has 1 unspecified atom stereocenters. The number of hydrogen-bond donors (Lipinski definition) is 0. The van der Waals surface area contributed by atoms with Gasteiger partial charge in [0.05, 0.1) is 26.7 Å². The summed E-state index contributed by atoms with van der Waals surface area (Å²) in [5.74, 6) is 2.09. The van der Waals surface area contributed by atoms with E-state index in [0.29, 0.717) is 11.7 Å². The predicted octanol–water partition coefficient (Wildman–Crippen LogP) is 2.62. The maximum atomic E-state index is 11.8. The van der Waals surface area contributed by atoms with Crippen LogP contribution in [0.5, 0.6) is 0 Å². The lowest BCUT2D eigenvalue weighted by Gasteiger charge is -2.50. The molecule has 0 aromatic rings. The van der Waals surface area contributed by atoms with Crippen LogP contribution in [0.15, 0.2) is 0 Å². The highest BCUT2D eigenvalue weighted by Gasteiger charge is 2.43. The molecule has 16 heavy (non-hydrogen) atoms. The van der Waals surface area contributed by atoms with E-state index >= 15 is 0 Å². The van der Waals surface area contributed by atoms with Crippen LogP contribution in [0.25, 0.3) is 0 Å². The van der Waals surface area contributed by atoms with Crippen molar-refractivity contribution in [3.63, 3.8) is 0 Å². The zero-order chi connectivity index (χ0) is 11.6. The van der Waals surface area contributed by atoms with E-state index in [4.69, 9.17) is 0 Å². The second-order valence-electron chi connectivity index (χ2n) is 6.19. The van der Waals surface area contributed by atoms with Crippen molar-refractivity contribution >= 4 is 5.78 Å². The number of nitrogens with zero attached hydrogens (tertiary/aromatic N) is 1. The molecular weight excluding hydrogens is 198 g/mol. The lowest BCUT2D eigenvalue weighted by atomic mass is 9.75. The average molecular weight is 224 g/mol. The molecule has 2 nitrogen and oxygen atoms in total. The molecule has 0 radical (unpaired) electrons. The van der Waals surface area contributed by atoms with Gasteiger partial charge in [-0.15, -0.1) is 0 Å². The second kappa shape index (κ2) is 4.87. The van der Waals surface area contributed by atoms with Gasteiger partial charge in [0.15, 0.2) is 0 Å². The quantitative estimate of drug-likeness (QED) is 0.656. The number of carbonyl (C=O) groups excluding carboxylic acids is 1. The number of fused-ring (bicyclic) bond motifs is 3. The number of quaternary nitrogens is 1. The molecule has 3 fully saturated rings. The number of hydrogen-bond acceptors (Lipinski definition) is 1. The first kappa shape index (κ1) is 12.1. The monoisotopic (exact) mass is 224 g/mol. The minimum absolute atomic E-state index is 0.521. The summed E-state index contributed by atoms with van der Waals surface area (Å²) in [5, 5.41) is 0. The van der Waals surface area contributed by atoms with Gasteiger partial charge in [-0.1, -0.05) is 13.3 Å². The number of rotatable bonds is 5. The van der Waals surface area contributed by atoms with E-state index in [-0.39, 0.29) is 0 Å². The van der Waals surface area contributed by atoms with Gasteiger partial charge in [-0.25, -0.2) is 0 Å². The smallest absolute Gasteiger partial charge is 0.133 e. The van der Waals surface area contributed by atoms with Crippen molar-refractivity contribution in [1.82, 2.24) is 0 Å². The molecule has 0 spiro atoms. The molecule has 2 bridgehead atoms. The highest BCUT2D eigenvalue weighted by atomic mass is 16.1. The van der Waals surface area contributed by atoms with E-state index in [9.17, 15) is 4.79 Å². The van der Waals surface area contributed by atoms with Gasteiger partial charge >= 0.3 is 0 Å². The van der Waals surface area contributed by atoms with E-state index in [0.717, 1.165) is 31.6 Å². The minimum Gasteiger partial charge on any atom is -0.326 e. The summed E-state index contributed by atoms with van der Waals surface area (Å²) in [4.78, 5) is 11.8. The molecule has 92 valence electrons. The van der Waals surface area contributed by atoms with Crippen LogP contribution >= 0.6 is 0 Å². The predicted molar refractivity (Wildman–Crippen MR) is 66.1 cm³/mol. The van der Waals surface area contributed by atoms with Crippen molar-refractivity contribution in [3.8, 4) is 0 Å². The van der Waals surface area contributed by atoms with E-state index in [2.05, 4.69) is 14.0 Å². The van der Waals surface area contributed by atoms with Crippen LogP contribution in [0.3, 0.4) is 0 Å². The van der Waals surface area contributed by atoms with Crippen LogP contribution in [0.4, 0.5) is 0 Å². The van der Waals surface area contributed by atoms with Gasteiger partial charge in [-0.3, -0.25) is 4.79 Å². The van der Waals surface area contributed by atoms with Crippen molar-refractivity contribution in [2.75, 3.05) is 26.7 Å². The number of ketones is 1. The molecule has 3 aliphatic heterocycles. The maximum absolute atomic E-state index is 11.8. The van der Waals surface area contributed by atoms with Gasteiger partial charge < -0.3 is 4.48 Å². The number of piperidine rings is 3. The summed E-state index contributed by atoms with van der Waals surface area (Å²) in [6.07, 6.45) is 6.66. The Hall–Kier alpha value is -0.370. The molecule has 3 saturated heterocycles. The zero-order valence-corrected chi connectivity index (χ0v) is 10.9. The lowest BCUT2D eigenvalue weighted by molar-refractivity contribution is -0.929. The lowest BCUT2D eigenvalue weighted by Crippen LogP contribution is -2.59. The van der Waals surface area contributed by atoms with E-state index < -0.39 is 0 Å². The van der Waals surface area contributed by atoms with Crippen LogP contribution in [-0.4, -0.2) is 36.9 Å². The standard InChI is InChI=1S/C14H26NO/c1-3-4-5-14(16)10-13-11-15(2)8-6-12(13)7-9-15/h12-13H,3-11H2,1-2H3/q+1. The summed E-state index contributed by atoms with van der Waals surface area (Å²) >= 11 is 0. The Bertz CT molecular complexity index is 253. The SMILES string of the molecule is CCCCC(=O)CC1C[N+]2(C)CCC1CC2. The summed E-state index contributed by atoms with van der Waals surface area (Å²) in [5.41, 5.74) is 0. The van der Waals surface area contributed by atoms with E-state index in [1.54, 1.807) is 0 Å². The van der Waals surface area contributed by atoms with Crippen molar-refractivity contribution in [2.24, 2.45) is 11.8 Å². The van der Waals surface area contributed by atoms with Crippen molar-refractivity contribution in [3.05, 3.63) is 0 Å². The largest absolute Gasteiger partial charge is 0.326 e. The molecule has 1 atom stereocenters. The van der Waals surface area contributed by atoms with E-state index in [1.807, 2.05) is 0 Å². The molecule has 0 aromatic heterocycles. The molecule has 3 heterocycles. The Morgan fingerprint density at radius 2 is 2.00 bits per heavy atom. The Morgan fingerprint density at radius 3 is 2.56 bits per heavy atom. The first-order valence-electron chi connectivity index (χ1n) is 6.98. The first-order chi connectivity index (χ1) is 7.63. The average Bonchev–Trinajstić information content (AvgIpc) is 2.26. The number of carbonyl (C=O) groups is 1. The van der Waals surface area contributed by atoms with Gasteiger partial charge in [0.2, 0.25) is 0 Å². The van der Waals surface area contributed by atoms with E-state index in [1.165, 1.54) is 37.0 Å². The van der Waals surface area contributed by atoms with Crippen molar-refractivity contribution in [2.45, 2.75) is 45.4 Å². The molecular formula is C14H26NO+. The fourth-order valence-electron chi connectivity index (χ4n) is 3.58. The molecule has 0 saturated carbocycles. The Balaban J connectivity index is 1.84. The Morgan fingerprint density at radius 1 is 1.31 bits per heavy atom. The topological polar surface area (TPSA) is 17.1 Å². The van der Waals surface area contributed by atoms with Gasteiger partial charge in [-0.2, -0.15) is 0 Å². The third kappa shape index (κ3) is 2.65. The third-order valence-corrected chi connectivity index (χ3v) is 4.72. The van der Waals surface area contributed by atoms with Gasteiger partial charge in [0, 0.05) is 31.6 Å². The fourth-order valence-corrected chi connectivity index (χ4v) is 3.58. The summed E-state index contributed by atoms with van der Waals surface area (Å²) in [6.45, 7) is 6.13. The van der Waals surface area contributed by atoms with Crippen LogP contribution in [0.1, 0.15) is 45.4 Å². The highest BCUT2D eigenvalue weighted by molar-refractivity contribution is 5.78. The maximum Gasteiger partial charge on any atom is 0.133 e. The molecule has 2 heteroatoms. The van der Waals surface area contributed by atoms with Crippen LogP contribution in [0, 0.1) is 11.8 Å². The molecule has 0 aromatic carbocycles. The second-order valence-corrected chi connectivity index (χ2v) is 6.19. The Labute approximate surface area is 99.6 Å². The van der Waals surface area contributed by atoms with Crippen LogP contribution < -0.4 is 0 Å². The minimum atomic E-state index is 0.521. The Kier molecular flexibility index (Phi) is 3.68. The first-order valence-corrected chi connectivity index (χ1v) is 6.98.